The van der Waals surface area contributed by atoms with Gasteiger partial charge in [-0.15, -0.1) is 0 Å². The van der Waals surface area contributed by atoms with Gasteiger partial charge in [0.25, 0.3) is 0 Å². The summed E-state index contributed by atoms with van der Waals surface area (Å²) in [5.41, 5.74) is 1.43. The molecule has 0 spiro atoms. The highest BCUT2D eigenvalue weighted by Gasteiger charge is 2.11. The SMILES string of the molecule is CCCCCC1=Cc2ccccc2[P]1. The van der Waals surface area contributed by atoms with E-state index in [4.69, 9.17) is 0 Å². The summed E-state index contributed by atoms with van der Waals surface area (Å²) in [6.45, 7) is 2.26. The molecule has 1 aliphatic heterocycles. The second-order valence-corrected chi connectivity index (χ2v) is 5.04. The van der Waals surface area contributed by atoms with E-state index in [-0.39, 0.29) is 0 Å². The van der Waals surface area contributed by atoms with Crippen LogP contribution in [0.2, 0.25) is 0 Å². The summed E-state index contributed by atoms with van der Waals surface area (Å²) >= 11 is 0. The molecule has 1 heterocycles. The lowest BCUT2D eigenvalue weighted by Gasteiger charge is -1.99. The number of unbranched alkanes of at least 4 members (excludes halogenated alkanes) is 2. The van der Waals surface area contributed by atoms with Crippen molar-refractivity contribution < 1.29 is 0 Å². The highest BCUT2D eigenvalue weighted by Crippen LogP contribution is 2.36. The average molecular weight is 203 g/mol. The second-order valence-electron chi connectivity index (χ2n) is 3.76. The van der Waals surface area contributed by atoms with Gasteiger partial charge in [0.05, 0.1) is 0 Å². The highest BCUT2D eigenvalue weighted by molar-refractivity contribution is 7.53. The van der Waals surface area contributed by atoms with Gasteiger partial charge in [-0.05, 0) is 43.7 Å². The van der Waals surface area contributed by atoms with Crippen LogP contribution in [0.15, 0.2) is 29.6 Å². The molecular formula is C13H16P. The van der Waals surface area contributed by atoms with Crippen molar-refractivity contribution in [2.45, 2.75) is 32.6 Å². The van der Waals surface area contributed by atoms with Crippen molar-refractivity contribution in [3.63, 3.8) is 0 Å². The fraction of sp³-hybridized carbons (Fsp3) is 0.385. The first-order valence-corrected chi connectivity index (χ1v) is 6.31. The summed E-state index contributed by atoms with van der Waals surface area (Å²) in [5, 5.41) is 3.08. The number of hydrogen-bond donors (Lipinski definition) is 0. The van der Waals surface area contributed by atoms with Gasteiger partial charge in [-0.1, -0.05) is 44.0 Å². The van der Waals surface area contributed by atoms with E-state index in [1.54, 1.807) is 5.31 Å². The third-order valence-electron chi connectivity index (χ3n) is 2.56. The van der Waals surface area contributed by atoms with Crippen LogP contribution in [-0.4, -0.2) is 0 Å². The lowest BCUT2D eigenvalue weighted by Crippen LogP contribution is -1.92. The smallest absolute Gasteiger partial charge is 0.00769 e. The molecule has 0 fully saturated rings. The monoisotopic (exact) mass is 203 g/mol. The van der Waals surface area contributed by atoms with E-state index < -0.39 is 0 Å². The Morgan fingerprint density at radius 1 is 1.14 bits per heavy atom. The Morgan fingerprint density at radius 3 is 2.79 bits per heavy atom. The van der Waals surface area contributed by atoms with Crippen molar-refractivity contribution in [2.24, 2.45) is 0 Å². The van der Waals surface area contributed by atoms with Crippen LogP contribution in [0.3, 0.4) is 0 Å². The Labute approximate surface area is 88.2 Å². The zero-order valence-electron chi connectivity index (χ0n) is 8.66. The highest BCUT2D eigenvalue weighted by atomic mass is 31.1. The Morgan fingerprint density at radius 2 is 2.00 bits per heavy atom. The van der Waals surface area contributed by atoms with Crippen LogP contribution in [0, 0.1) is 0 Å². The average Bonchev–Trinajstić information content (AvgIpc) is 2.60. The van der Waals surface area contributed by atoms with Crippen molar-refractivity contribution in [2.75, 3.05) is 0 Å². The summed E-state index contributed by atoms with van der Waals surface area (Å²) in [7, 11) is 1.45. The van der Waals surface area contributed by atoms with Gasteiger partial charge in [-0.3, -0.25) is 0 Å². The molecule has 0 nitrogen and oxygen atoms in total. The van der Waals surface area contributed by atoms with Gasteiger partial charge in [-0.2, -0.15) is 0 Å². The first-order chi connectivity index (χ1) is 6.90. The van der Waals surface area contributed by atoms with E-state index in [0.717, 1.165) is 0 Å². The Bertz CT molecular complexity index is 339. The predicted molar refractivity (Wildman–Crippen MR) is 65.1 cm³/mol. The molecule has 2 rings (SSSR count). The van der Waals surface area contributed by atoms with E-state index in [1.807, 2.05) is 0 Å². The first-order valence-electron chi connectivity index (χ1n) is 5.41. The first kappa shape index (κ1) is 9.93. The van der Waals surface area contributed by atoms with Crippen LogP contribution >= 0.6 is 8.58 Å². The molecule has 1 radical (unpaired) electrons. The minimum atomic E-state index is 1.28. The molecular weight excluding hydrogens is 187 g/mol. The standard InChI is InChI=1S/C13H16P/c1-2-3-4-8-12-10-11-7-5-6-9-13(11)14-12/h5-7,9-10H,2-4,8H2,1H3. The molecule has 1 aromatic carbocycles. The van der Waals surface area contributed by atoms with Gasteiger partial charge in [-0.25, -0.2) is 0 Å². The number of fused-ring (bicyclic) bond motifs is 1. The number of hydrogen-bond acceptors (Lipinski definition) is 0. The van der Waals surface area contributed by atoms with Crippen LogP contribution < -0.4 is 5.30 Å². The maximum Gasteiger partial charge on any atom is -0.00769 e. The summed E-state index contributed by atoms with van der Waals surface area (Å²) in [6.07, 6.45) is 7.68. The van der Waals surface area contributed by atoms with Crippen molar-refractivity contribution in [1.82, 2.24) is 0 Å². The zero-order valence-corrected chi connectivity index (χ0v) is 9.56. The number of rotatable bonds is 4. The minimum absolute atomic E-state index is 1.28. The van der Waals surface area contributed by atoms with E-state index in [9.17, 15) is 0 Å². The zero-order chi connectivity index (χ0) is 9.80. The summed E-state index contributed by atoms with van der Waals surface area (Å²) in [5.74, 6) is 0. The molecule has 0 amide bonds. The van der Waals surface area contributed by atoms with Crippen molar-refractivity contribution >= 4 is 20.0 Å². The normalized spacial score (nSPS) is 15.6. The molecule has 1 aromatic rings. The molecule has 73 valence electrons. The van der Waals surface area contributed by atoms with Gasteiger partial charge < -0.3 is 0 Å². The molecule has 0 saturated carbocycles. The predicted octanol–water partition coefficient (Wildman–Crippen LogP) is 4.19. The maximum absolute atomic E-state index is 2.37. The lowest BCUT2D eigenvalue weighted by molar-refractivity contribution is 0.727. The third kappa shape index (κ3) is 2.25. The van der Waals surface area contributed by atoms with Crippen LogP contribution in [0.5, 0.6) is 0 Å². The van der Waals surface area contributed by atoms with Crippen molar-refractivity contribution in [3.8, 4) is 0 Å². The second kappa shape index (κ2) is 4.75. The molecule has 0 atom stereocenters. The number of allylic oxidation sites excluding steroid dienone is 1. The summed E-state index contributed by atoms with van der Waals surface area (Å²) in [6, 6.07) is 8.71. The molecule has 1 aliphatic rings. The van der Waals surface area contributed by atoms with Crippen molar-refractivity contribution in [1.29, 1.82) is 0 Å². The Balaban J connectivity index is 1.95. The number of benzene rings is 1. The van der Waals surface area contributed by atoms with E-state index in [1.165, 1.54) is 45.1 Å². The minimum Gasteiger partial charge on any atom is -0.0654 e. The largest absolute Gasteiger partial charge is 0.0654 e. The maximum atomic E-state index is 2.37. The van der Waals surface area contributed by atoms with E-state index in [2.05, 4.69) is 37.3 Å². The van der Waals surface area contributed by atoms with Gasteiger partial charge in [0.15, 0.2) is 0 Å². The fourth-order valence-electron chi connectivity index (χ4n) is 1.76. The van der Waals surface area contributed by atoms with Crippen molar-refractivity contribution in [3.05, 3.63) is 35.1 Å². The summed E-state index contributed by atoms with van der Waals surface area (Å²) in [4.78, 5) is 0. The molecule has 0 unspecified atom stereocenters. The third-order valence-corrected chi connectivity index (χ3v) is 3.85. The fourth-order valence-corrected chi connectivity index (χ4v) is 2.97. The molecule has 0 bridgehead atoms. The van der Waals surface area contributed by atoms with Crippen LogP contribution in [0.25, 0.3) is 6.08 Å². The van der Waals surface area contributed by atoms with Crippen LogP contribution in [0.4, 0.5) is 0 Å². The molecule has 14 heavy (non-hydrogen) atoms. The Kier molecular flexibility index (Phi) is 3.37. The molecule has 0 saturated heterocycles. The topological polar surface area (TPSA) is 0 Å². The van der Waals surface area contributed by atoms with Gasteiger partial charge in [0.2, 0.25) is 0 Å². The van der Waals surface area contributed by atoms with E-state index >= 15 is 0 Å². The van der Waals surface area contributed by atoms with E-state index in [0.29, 0.717) is 0 Å². The quantitative estimate of drug-likeness (QED) is 0.508. The molecule has 0 aromatic heterocycles. The molecule has 0 aliphatic carbocycles. The molecule has 1 heteroatoms. The molecule has 0 N–H and O–H groups in total. The van der Waals surface area contributed by atoms with Gasteiger partial charge in [0, 0.05) is 0 Å². The Hall–Kier alpha value is -0.610. The van der Waals surface area contributed by atoms with Crippen LogP contribution in [-0.2, 0) is 0 Å². The van der Waals surface area contributed by atoms with Gasteiger partial charge >= 0.3 is 0 Å². The lowest BCUT2D eigenvalue weighted by atomic mass is 10.1. The van der Waals surface area contributed by atoms with Gasteiger partial charge in [0.1, 0.15) is 0 Å². The van der Waals surface area contributed by atoms with Crippen LogP contribution in [0.1, 0.15) is 38.2 Å². The summed E-state index contributed by atoms with van der Waals surface area (Å²) < 4.78 is 0.